The van der Waals surface area contributed by atoms with E-state index in [1.165, 1.54) is 15.3 Å². The van der Waals surface area contributed by atoms with Crippen molar-refractivity contribution in [3.63, 3.8) is 0 Å². The van der Waals surface area contributed by atoms with E-state index in [0.29, 0.717) is 40.3 Å². The van der Waals surface area contributed by atoms with Gasteiger partial charge in [0.25, 0.3) is 0 Å². The molecule has 190 valence electrons. The van der Waals surface area contributed by atoms with Crippen molar-refractivity contribution in [2.45, 2.75) is 20.5 Å². The maximum absolute atomic E-state index is 12.6. The van der Waals surface area contributed by atoms with Gasteiger partial charge in [-0.05, 0) is 90.0 Å². The number of carbonyl (C=O) groups is 1. The van der Waals surface area contributed by atoms with Gasteiger partial charge in [0, 0.05) is 3.57 Å². The number of hydrogen-bond acceptors (Lipinski definition) is 7. The van der Waals surface area contributed by atoms with Crippen molar-refractivity contribution in [2.75, 3.05) is 13.2 Å². The van der Waals surface area contributed by atoms with E-state index >= 15 is 0 Å². The van der Waals surface area contributed by atoms with Crippen LogP contribution in [0.4, 0.5) is 5.69 Å². The lowest BCUT2D eigenvalue weighted by molar-refractivity contribution is -0.138. The van der Waals surface area contributed by atoms with Crippen molar-refractivity contribution < 1.29 is 24.1 Å². The molecule has 0 spiro atoms. The van der Waals surface area contributed by atoms with Gasteiger partial charge in [-0.3, -0.25) is 0 Å². The van der Waals surface area contributed by atoms with Crippen molar-refractivity contribution in [3.8, 4) is 11.5 Å². The number of hydrogen-bond donors (Lipinski definition) is 1. The molecule has 1 aliphatic rings. The van der Waals surface area contributed by atoms with Gasteiger partial charge in [0.2, 0.25) is 0 Å². The van der Waals surface area contributed by atoms with Gasteiger partial charge in [-0.2, -0.15) is 0 Å². The Kier molecular flexibility index (Phi) is 9.29. The topological polar surface area (TPSA) is 77.4 Å². The van der Waals surface area contributed by atoms with Crippen molar-refractivity contribution in [1.29, 1.82) is 0 Å². The van der Waals surface area contributed by atoms with Gasteiger partial charge in [-0.1, -0.05) is 48.2 Å². The third kappa shape index (κ3) is 6.95. The minimum atomic E-state index is -0.611. The zero-order valence-electron chi connectivity index (χ0n) is 20.4. The number of esters is 1. The molecule has 1 aliphatic heterocycles. The lowest BCUT2D eigenvalue weighted by Crippen LogP contribution is -2.12. The fraction of sp³-hybridized carbons (Fsp3) is 0.172. The molecule has 0 radical (unpaired) electrons. The molecule has 0 amide bonds. The van der Waals surface area contributed by atoms with Crippen LogP contribution in [0.2, 0.25) is 0 Å². The number of benzene rings is 3. The first-order valence-corrected chi connectivity index (χ1v) is 13.7. The number of halogens is 1. The molecule has 0 atom stereocenters. The van der Waals surface area contributed by atoms with E-state index in [2.05, 4.69) is 27.6 Å². The van der Waals surface area contributed by atoms with E-state index in [-0.39, 0.29) is 17.9 Å². The van der Waals surface area contributed by atoms with Crippen LogP contribution >= 0.6 is 34.4 Å². The number of para-hydroxylation sites is 1. The summed E-state index contributed by atoms with van der Waals surface area (Å²) in [7, 11) is 0. The highest BCUT2D eigenvalue weighted by Crippen LogP contribution is 2.41. The molecule has 0 aromatic heterocycles. The maximum atomic E-state index is 12.6. The minimum absolute atomic E-state index is 0.0597. The van der Waals surface area contributed by atoms with Crippen LogP contribution in [-0.4, -0.2) is 29.3 Å². The van der Waals surface area contributed by atoms with Crippen LogP contribution in [-0.2, 0) is 16.1 Å². The van der Waals surface area contributed by atoms with Crippen molar-refractivity contribution in [3.05, 3.63) is 104 Å². The lowest BCUT2D eigenvalue weighted by atomic mass is 10.1. The Bertz CT molecular complexity index is 1350. The van der Waals surface area contributed by atoms with E-state index in [9.17, 15) is 9.90 Å². The molecule has 0 bridgehead atoms. The van der Waals surface area contributed by atoms with Crippen molar-refractivity contribution in [1.82, 2.24) is 0 Å². The van der Waals surface area contributed by atoms with Crippen LogP contribution in [0.1, 0.15) is 25.0 Å². The predicted octanol–water partition coefficient (Wildman–Crippen LogP) is 7.46. The van der Waals surface area contributed by atoms with Gasteiger partial charge >= 0.3 is 5.97 Å². The van der Waals surface area contributed by atoms with Gasteiger partial charge in [0.15, 0.2) is 11.5 Å². The average molecular weight is 628 g/mol. The Labute approximate surface area is 234 Å². The molecule has 37 heavy (non-hydrogen) atoms. The van der Waals surface area contributed by atoms with E-state index in [4.69, 9.17) is 14.2 Å². The highest BCUT2D eigenvalue weighted by molar-refractivity contribution is 14.1. The second-order valence-corrected chi connectivity index (χ2v) is 10.1. The first kappa shape index (κ1) is 26.8. The van der Waals surface area contributed by atoms with Crippen molar-refractivity contribution in [2.24, 2.45) is 4.99 Å². The molecule has 3 aromatic carbocycles. The Morgan fingerprint density at radius 1 is 0.973 bits per heavy atom. The van der Waals surface area contributed by atoms with Crippen LogP contribution in [0.5, 0.6) is 11.5 Å². The summed E-state index contributed by atoms with van der Waals surface area (Å²) in [5.74, 6) is 0.451. The molecular formula is C29H26INO5S. The van der Waals surface area contributed by atoms with E-state index in [0.717, 1.165) is 11.1 Å². The molecule has 1 N–H and O–H groups in total. The second kappa shape index (κ2) is 12.8. The van der Waals surface area contributed by atoms with Gasteiger partial charge < -0.3 is 19.3 Å². The fourth-order valence-corrected chi connectivity index (χ4v) is 4.90. The number of nitrogens with zero attached hydrogens (tertiary/aromatic N) is 1. The number of thioether (sulfide) groups is 1. The zero-order chi connectivity index (χ0) is 26.2. The highest BCUT2D eigenvalue weighted by atomic mass is 127. The molecule has 0 saturated heterocycles. The SMILES string of the molecule is CCOC(=O)C1=C(O)/C(=C/c2ccc(OCc3ccc(I)cc3)c(OCC)c2)SC1=Nc1ccccc1. The molecule has 0 saturated carbocycles. The largest absolute Gasteiger partial charge is 0.506 e. The second-order valence-electron chi connectivity index (χ2n) is 7.86. The van der Waals surface area contributed by atoms with Gasteiger partial charge in [0.1, 0.15) is 23.0 Å². The molecule has 4 rings (SSSR count). The normalized spacial score (nSPS) is 15.3. The van der Waals surface area contributed by atoms with Gasteiger partial charge in [-0.15, -0.1) is 0 Å². The predicted molar refractivity (Wildman–Crippen MR) is 156 cm³/mol. The van der Waals surface area contributed by atoms with E-state index in [1.807, 2.05) is 79.7 Å². The third-order valence-corrected chi connectivity index (χ3v) is 6.97. The highest BCUT2D eigenvalue weighted by Gasteiger charge is 2.33. The summed E-state index contributed by atoms with van der Waals surface area (Å²) in [4.78, 5) is 17.7. The molecule has 3 aromatic rings. The quantitative estimate of drug-likeness (QED) is 0.196. The number of ether oxygens (including phenoxy) is 3. The first-order valence-electron chi connectivity index (χ1n) is 11.8. The Morgan fingerprint density at radius 2 is 1.73 bits per heavy atom. The first-order chi connectivity index (χ1) is 18.0. The van der Waals surface area contributed by atoms with E-state index in [1.54, 1.807) is 13.0 Å². The summed E-state index contributed by atoms with van der Waals surface area (Å²) >= 11 is 3.49. The monoisotopic (exact) mass is 627 g/mol. The van der Waals surface area contributed by atoms with Gasteiger partial charge in [0.05, 0.1) is 23.8 Å². The standard InChI is InChI=1S/C29H26INO5S/c1-3-34-24-16-20(12-15-23(24)36-18-19-10-13-21(30)14-11-19)17-25-27(32)26(29(33)35-4-2)28(37-25)31-22-8-6-5-7-9-22/h5-17,32H,3-4,18H2,1-2H3/b25-17-,31-28?. The fourth-order valence-electron chi connectivity index (χ4n) is 3.51. The summed E-state index contributed by atoms with van der Waals surface area (Å²) in [6.07, 6.45) is 1.79. The van der Waals surface area contributed by atoms with Crippen LogP contribution in [0.3, 0.4) is 0 Å². The van der Waals surface area contributed by atoms with Crippen LogP contribution < -0.4 is 9.47 Å². The zero-order valence-corrected chi connectivity index (χ0v) is 23.4. The van der Waals surface area contributed by atoms with Crippen LogP contribution in [0.25, 0.3) is 6.08 Å². The van der Waals surface area contributed by atoms with Gasteiger partial charge in [-0.25, -0.2) is 9.79 Å². The molecule has 0 unspecified atom stereocenters. The number of rotatable bonds is 9. The summed E-state index contributed by atoms with van der Waals surface area (Å²) in [6, 6.07) is 23.0. The average Bonchev–Trinajstić information content (AvgIpc) is 3.19. The minimum Gasteiger partial charge on any atom is -0.506 e. The number of aliphatic hydroxyl groups is 1. The smallest absolute Gasteiger partial charge is 0.344 e. The number of carbonyl (C=O) groups excluding carboxylic acids is 1. The lowest BCUT2D eigenvalue weighted by Gasteiger charge is -2.13. The number of aliphatic imine (C=N–C) groups is 1. The summed E-state index contributed by atoms with van der Waals surface area (Å²) in [6.45, 7) is 4.71. The molecular weight excluding hydrogens is 601 g/mol. The summed E-state index contributed by atoms with van der Waals surface area (Å²) in [5, 5.41) is 11.4. The molecule has 0 aliphatic carbocycles. The summed E-state index contributed by atoms with van der Waals surface area (Å²) in [5.41, 5.74) is 2.57. The Morgan fingerprint density at radius 3 is 2.43 bits per heavy atom. The molecule has 6 nitrogen and oxygen atoms in total. The van der Waals surface area contributed by atoms with Crippen LogP contribution in [0, 0.1) is 3.57 Å². The molecule has 0 fully saturated rings. The Balaban J connectivity index is 1.62. The van der Waals surface area contributed by atoms with Crippen molar-refractivity contribution >= 4 is 57.1 Å². The number of aliphatic hydroxyl groups excluding tert-OH is 1. The molecule has 1 heterocycles. The Hall–Kier alpha value is -3.24. The maximum Gasteiger partial charge on any atom is 0.344 e. The van der Waals surface area contributed by atoms with E-state index < -0.39 is 5.97 Å². The summed E-state index contributed by atoms with van der Waals surface area (Å²) < 4.78 is 18.2. The third-order valence-electron chi connectivity index (χ3n) is 5.23. The molecule has 8 heteroatoms. The van der Waals surface area contributed by atoms with Crippen LogP contribution in [0.15, 0.2) is 94.0 Å².